The van der Waals surface area contributed by atoms with Crippen LogP contribution in [0, 0.1) is 6.57 Å². The lowest BCUT2D eigenvalue weighted by Crippen LogP contribution is -2.43. The Morgan fingerprint density at radius 2 is 2.07 bits per heavy atom. The number of hydrogen-bond donors (Lipinski definition) is 3. The fourth-order valence-corrected chi connectivity index (χ4v) is 3.25. The highest BCUT2D eigenvalue weighted by Gasteiger charge is 2.26. The van der Waals surface area contributed by atoms with Gasteiger partial charge in [0.25, 0.3) is 5.91 Å². The Hall–Kier alpha value is -3.99. The van der Waals surface area contributed by atoms with Crippen LogP contribution in [0.4, 0.5) is 11.4 Å². The minimum Gasteiger partial charge on any atom is -0.337 e. The maximum atomic E-state index is 12.5. The Morgan fingerprint density at radius 3 is 2.86 bits per heavy atom. The van der Waals surface area contributed by atoms with E-state index in [1.54, 1.807) is 18.2 Å². The van der Waals surface area contributed by atoms with Crippen LogP contribution in [-0.2, 0) is 17.6 Å². The van der Waals surface area contributed by atoms with Crippen LogP contribution in [-0.4, -0.2) is 33.0 Å². The maximum absolute atomic E-state index is 12.5. The molecule has 2 aromatic carbocycles. The number of aromatic nitrogens is 3. The SMILES string of the molecule is [C-]#[N+]c1ccc2c(c1)CC[C@@H](NC(=O)c1n[nH]c(Cc3ccccc3)n1)C(=O)N2. The monoisotopic (exact) mass is 386 g/mol. The van der Waals surface area contributed by atoms with Gasteiger partial charge in [-0.15, -0.1) is 5.10 Å². The fourth-order valence-electron chi connectivity index (χ4n) is 3.25. The summed E-state index contributed by atoms with van der Waals surface area (Å²) in [6.07, 6.45) is 1.52. The zero-order valence-electron chi connectivity index (χ0n) is 15.5. The van der Waals surface area contributed by atoms with Crippen molar-refractivity contribution in [3.8, 4) is 0 Å². The summed E-state index contributed by atoms with van der Waals surface area (Å²) in [5, 5.41) is 12.3. The molecule has 0 aliphatic carbocycles. The molecule has 29 heavy (non-hydrogen) atoms. The molecule has 3 aromatic rings. The van der Waals surface area contributed by atoms with Crippen LogP contribution in [0.25, 0.3) is 4.85 Å². The number of H-pyrrole nitrogens is 1. The van der Waals surface area contributed by atoms with E-state index >= 15 is 0 Å². The third-order valence-corrected chi connectivity index (χ3v) is 4.75. The van der Waals surface area contributed by atoms with Crippen molar-refractivity contribution in [2.45, 2.75) is 25.3 Å². The third-order valence-electron chi connectivity index (χ3n) is 4.75. The largest absolute Gasteiger partial charge is 0.337 e. The molecular formula is C21H18N6O2. The topological polar surface area (TPSA) is 104 Å². The molecule has 3 N–H and O–H groups in total. The highest BCUT2D eigenvalue weighted by atomic mass is 16.2. The predicted octanol–water partition coefficient (Wildman–Crippen LogP) is 2.63. The Bertz CT molecular complexity index is 1100. The van der Waals surface area contributed by atoms with E-state index in [9.17, 15) is 9.59 Å². The normalized spacial score (nSPS) is 15.6. The summed E-state index contributed by atoms with van der Waals surface area (Å²) in [5.41, 5.74) is 3.12. The van der Waals surface area contributed by atoms with Crippen molar-refractivity contribution in [2.24, 2.45) is 0 Å². The molecule has 2 amide bonds. The molecule has 1 aliphatic rings. The first-order valence-corrected chi connectivity index (χ1v) is 9.19. The molecule has 0 unspecified atom stereocenters. The number of rotatable bonds is 4. The first-order chi connectivity index (χ1) is 14.1. The summed E-state index contributed by atoms with van der Waals surface area (Å²) < 4.78 is 0. The number of fused-ring (bicyclic) bond motifs is 1. The fraction of sp³-hybridized carbons (Fsp3) is 0.190. The molecule has 0 saturated carbocycles. The molecule has 4 rings (SSSR count). The van der Waals surface area contributed by atoms with Crippen LogP contribution in [0.2, 0.25) is 0 Å². The van der Waals surface area contributed by atoms with Crippen LogP contribution in [0.5, 0.6) is 0 Å². The van der Waals surface area contributed by atoms with Crippen molar-refractivity contribution in [3.05, 3.63) is 82.7 Å². The van der Waals surface area contributed by atoms with E-state index in [0.717, 1.165) is 11.1 Å². The van der Waals surface area contributed by atoms with Crippen LogP contribution in [0.15, 0.2) is 48.5 Å². The second-order valence-corrected chi connectivity index (χ2v) is 6.78. The summed E-state index contributed by atoms with van der Waals surface area (Å²) in [6.45, 7) is 7.12. The van der Waals surface area contributed by atoms with E-state index in [1.165, 1.54) is 0 Å². The van der Waals surface area contributed by atoms with Crippen molar-refractivity contribution in [1.82, 2.24) is 20.5 Å². The van der Waals surface area contributed by atoms with Gasteiger partial charge in [-0.3, -0.25) is 14.7 Å². The van der Waals surface area contributed by atoms with Gasteiger partial charge in [0.2, 0.25) is 11.7 Å². The Morgan fingerprint density at radius 1 is 1.24 bits per heavy atom. The molecular weight excluding hydrogens is 368 g/mol. The standard InChI is InChI=1S/C21H18N6O2/c1-22-15-8-10-16-14(12-15)7-9-17(20(28)23-16)24-21(29)19-25-18(26-27-19)11-13-5-3-2-4-6-13/h2-6,8,10,12,17H,7,9,11H2,(H,23,28)(H,24,29)(H,25,26,27)/t17-/m1/s1. The molecule has 0 fully saturated rings. The second-order valence-electron chi connectivity index (χ2n) is 6.78. The molecule has 0 radical (unpaired) electrons. The maximum Gasteiger partial charge on any atom is 0.291 e. The van der Waals surface area contributed by atoms with Crippen molar-refractivity contribution in [1.29, 1.82) is 0 Å². The molecule has 1 aliphatic heterocycles. The number of nitrogens with one attached hydrogen (secondary N) is 3. The van der Waals surface area contributed by atoms with Crippen molar-refractivity contribution in [2.75, 3.05) is 5.32 Å². The molecule has 0 saturated heterocycles. The zero-order chi connectivity index (χ0) is 20.2. The van der Waals surface area contributed by atoms with Gasteiger partial charge in [0.15, 0.2) is 5.69 Å². The van der Waals surface area contributed by atoms with Gasteiger partial charge in [0.1, 0.15) is 11.9 Å². The van der Waals surface area contributed by atoms with E-state index < -0.39 is 11.9 Å². The first-order valence-electron chi connectivity index (χ1n) is 9.19. The Labute approximate surface area is 167 Å². The molecule has 144 valence electrons. The second kappa shape index (κ2) is 7.94. The van der Waals surface area contributed by atoms with Crippen molar-refractivity contribution >= 4 is 23.2 Å². The molecule has 1 aromatic heterocycles. The number of carbonyl (C=O) groups is 2. The summed E-state index contributed by atoms with van der Waals surface area (Å²) in [6, 6.07) is 14.2. The summed E-state index contributed by atoms with van der Waals surface area (Å²) in [7, 11) is 0. The lowest BCUT2D eigenvalue weighted by Gasteiger charge is -2.13. The van der Waals surface area contributed by atoms with Gasteiger partial charge >= 0.3 is 0 Å². The number of benzene rings is 2. The average Bonchev–Trinajstić information content (AvgIpc) is 3.14. The van der Waals surface area contributed by atoms with Gasteiger partial charge in [-0.1, -0.05) is 42.5 Å². The first kappa shape index (κ1) is 18.4. The number of amides is 2. The number of hydrogen-bond acceptors (Lipinski definition) is 4. The third kappa shape index (κ3) is 4.14. The van der Waals surface area contributed by atoms with E-state index in [0.29, 0.717) is 36.5 Å². The molecule has 8 nitrogen and oxygen atoms in total. The van der Waals surface area contributed by atoms with Crippen LogP contribution in [0.3, 0.4) is 0 Å². The predicted molar refractivity (Wildman–Crippen MR) is 107 cm³/mol. The van der Waals surface area contributed by atoms with Gasteiger partial charge in [0.05, 0.1) is 6.57 Å². The number of aromatic amines is 1. The van der Waals surface area contributed by atoms with Crippen molar-refractivity contribution in [3.63, 3.8) is 0 Å². The average molecular weight is 386 g/mol. The van der Waals surface area contributed by atoms with Gasteiger partial charge in [-0.05, 0) is 30.0 Å². The molecule has 0 spiro atoms. The van der Waals surface area contributed by atoms with Gasteiger partial charge < -0.3 is 10.6 Å². The van der Waals surface area contributed by atoms with Crippen LogP contribution >= 0.6 is 0 Å². The molecule has 2 heterocycles. The van der Waals surface area contributed by atoms with Gasteiger partial charge in [0, 0.05) is 12.1 Å². The highest BCUT2D eigenvalue weighted by Crippen LogP contribution is 2.26. The van der Waals surface area contributed by atoms with Crippen LogP contribution in [0.1, 0.15) is 34.0 Å². The minimum atomic E-state index is -0.706. The minimum absolute atomic E-state index is 0.000726. The summed E-state index contributed by atoms with van der Waals surface area (Å²) in [5.74, 6) is -0.229. The summed E-state index contributed by atoms with van der Waals surface area (Å²) >= 11 is 0. The highest BCUT2D eigenvalue weighted by molar-refractivity contribution is 6.00. The molecule has 8 heteroatoms. The smallest absolute Gasteiger partial charge is 0.291 e. The number of aryl methyl sites for hydroxylation is 1. The molecule has 1 atom stereocenters. The quantitative estimate of drug-likeness (QED) is 0.600. The van der Waals surface area contributed by atoms with E-state index in [-0.39, 0.29) is 11.7 Å². The lowest BCUT2D eigenvalue weighted by atomic mass is 10.1. The van der Waals surface area contributed by atoms with Crippen molar-refractivity contribution < 1.29 is 9.59 Å². The molecule has 0 bridgehead atoms. The number of carbonyl (C=O) groups excluding carboxylic acids is 2. The van der Waals surface area contributed by atoms with Gasteiger partial charge in [-0.25, -0.2) is 9.83 Å². The van der Waals surface area contributed by atoms with E-state index in [1.807, 2.05) is 30.3 Å². The van der Waals surface area contributed by atoms with Crippen LogP contribution < -0.4 is 10.6 Å². The number of nitrogens with zero attached hydrogens (tertiary/aromatic N) is 3. The number of anilines is 1. The summed E-state index contributed by atoms with van der Waals surface area (Å²) in [4.78, 5) is 32.7. The van der Waals surface area contributed by atoms with E-state index in [4.69, 9.17) is 6.57 Å². The Balaban J connectivity index is 1.42. The lowest BCUT2D eigenvalue weighted by molar-refractivity contribution is -0.118. The zero-order valence-corrected chi connectivity index (χ0v) is 15.5. The van der Waals surface area contributed by atoms with E-state index in [2.05, 4.69) is 30.7 Å². The van der Waals surface area contributed by atoms with Gasteiger partial charge in [-0.2, -0.15) is 0 Å². The Kier molecular flexibility index (Phi) is 5.03.